The number of nitrogens with one attached hydrogen (secondary N) is 1. The van der Waals surface area contributed by atoms with Crippen LogP contribution < -0.4 is 19.7 Å². The maximum atomic E-state index is 5.67. The van der Waals surface area contributed by atoms with E-state index in [1.165, 1.54) is 18.5 Å². The van der Waals surface area contributed by atoms with Gasteiger partial charge in [-0.15, -0.1) is 0 Å². The second-order valence-electron chi connectivity index (χ2n) is 5.66. The fourth-order valence-corrected chi connectivity index (χ4v) is 2.89. The predicted molar refractivity (Wildman–Crippen MR) is 76.3 cm³/mol. The molecule has 3 rings (SSSR count). The Labute approximate surface area is 114 Å². The Bertz CT molecular complexity index is 463. The molecule has 0 spiro atoms. The van der Waals surface area contributed by atoms with Gasteiger partial charge in [0.2, 0.25) is 0 Å². The summed E-state index contributed by atoms with van der Waals surface area (Å²) >= 11 is 0. The molecule has 1 saturated heterocycles. The van der Waals surface area contributed by atoms with Crippen LogP contribution in [0.5, 0.6) is 11.5 Å². The summed E-state index contributed by atoms with van der Waals surface area (Å²) in [5.41, 5.74) is 1.43. The molecule has 1 atom stereocenters. The first-order valence-electron chi connectivity index (χ1n) is 7.04. The third-order valence-electron chi connectivity index (χ3n) is 4.19. The van der Waals surface area contributed by atoms with Crippen molar-refractivity contribution in [3.05, 3.63) is 18.2 Å². The van der Waals surface area contributed by atoms with Crippen LogP contribution in [0.25, 0.3) is 0 Å². The zero-order valence-electron chi connectivity index (χ0n) is 11.7. The van der Waals surface area contributed by atoms with E-state index in [0.29, 0.717) is 13.2 Å². The number of benzene rings is 1. The summed E-state index contributed by atoms with van der Waals surface area (Å²) in [6.45, 7) is 5.72. The van der Waals surface area contributed by atoms with Crippen LogP contribution in [0.15, 0.2) is 18.2 Å². The minimum atomic E-state index is 0.200. The van der Waals surface area contributed by atoms with Gasteiger partial charge in [-0.1, -0.05) is 0 Å². The molecule has 1 aromatic carbocycles. The molecule has 4 heteroatoms. The Kier molecular flexibility index (Phi) is 3.27. The van der Waals surface area contributed by atoms with E-state index in [1.54, 1.807) is 0 Å². The quantitative estimate of drug-likeness (QED) is 0.884. The minimum Gasteiger partial charge on any atom is -0.486 e. The summed E-state index contributed by atoms with van der Waals surface area (Å²) in [4.78, 5) is 2.43. The molecule has 0 aromatic heterocycles. The van der Waals surface area contributed by atoms with Crippen molar-refractivity contribution in [1.82, 2.24) is 5.32 Å². The SMILES string of the molecule is CNC1(C)CCCN(c2ccc3c(c2)OCCO3)C1. The molecule has 1 N–H and O–H groups in total. The van der Waals surface area contributed by atoms with Gasteiger partial charge in [-0.25, -0.2) is 0 Å². The molecule has 0 bridgehead atoms. The van der Waals surface area contributed by atoms with E-state index in [0.717, 1.165) is 24.6 Å². The van der Waals surface area contributed by atoms with Crippen molar-refractivity contribution in [1.29, 1.82) is 0 Å². The highest BCUT2D eigenvalue weighted by Crippen LogP contribution is 2.35. The Morgan fingerprint density at radius 3 is 2.79 bits per heavy atom. The Hall–Kier alpha value is -1.42. The van der Waals surface area contributed by atoms with Crippen LogP contribution in [-0.2, 0) is 0 Å². The highest BCUT2D eigenvalue weighted by atomic mass is 16.6. The lowest BCUT2D eigenvalue weighted by molar-refractivity contribution is 0.171. The molecule has 0 saturated carbocycles. The number of anilines is 1. The predicted octanol–water partition coefficient (Wildman–Crippen LogP) is 2.04. The number of fused-ring (bicyclic) bond motifs is 1. The Morgan fingerprint density at radius 2 is 2.00 bits per heavy atom. The zero-order chi connectivity index (χ0) is 13.3. The number of ether oxygens (including phenoxy) is 2. The minimum absolute atomic E-state index is 0.200. The topological polar surface area (TPSA) is 33.7 Å². The van der Waals surface area contributed by atoms with Crippen LogP contribution in [-0.4, -0.2) is 38.9 Å². The lowest BCUT2D eigenvalue weighted by Gasteiger charge is -2.41. The summed E-state index contributed by atoms with van der Waals surface area (Å²) in [5.74, 6) is 1.74. The van der Waals surface area contributed by atoms with E-state index in [4.69, 9.17) is 9.47 Å². The van der Waals surface area contributed by atoms with E-state index < -0.39 is 0 Å². The Morgan fingerprint density at radius 1 is 1.21 bits per heavy atom. The molecule has 1 aromatic rings. The zero-order valence-corrected chi connectivity index (χ0v) is 11.7. The van der Waals surface area contributed by atoms with Gasteiger partial charge < -0.3 is 19.7 Å². The number of rotatable bonds is 2. The van der Waals surface area contributed by atoms with Gasteiger partial charge in [-0.05, 0) is 38.9 Å². The molecule has 0 amide bonds. The summed E-state index contributed by atoms with van der Waals surface area (Å²) < 4.78 is 11.2. The van der Waals surface area contributed by atoms with E-state index in [2.05, 4.69) is 29.3 Å². The summed E-state index contributed by atoms with van der Waals surface area (Å²) in [6, 6.07) is 6.26. The van der Waals surface area contributed by atoms with E-state index in [-0.39, 0.29) is 5.54 Å². The standard InChI is InChI=1S/C15H22N2O2/c1-15(16-2)6-3-7-17(11-15)12-4-5-13-14(10-12)19-9-8-18-13/h4-5,10,16H,3,6-9,11H2,1-2H3. The number of likely N-dealkylation sites (N-methyl/N-ethyl adjacent to an activating group) is 1. The maximum Gasteiger partial charge on any atom is 0.163 e. The van der Waals surface area contributed by atoms with Gasteiger partial charge in [0.05, 0.1) is 0 Å². The van der Waals surface area contributed by atoms with Gasteiger partial charge in [-0.2, -0.15) is 0 Å². The molecule has 4 nitrogen and oxygen atoms in total. The van der Waals surface area contributed by atoms with Crippen molar-refractivity contribution in [2.75, 3.05) is 38.3 Å². The molecule has 2 heterocycles. The first-order valence-corrected chi connectivity index (χ1v) is 7.04. The molecule has 0 radical (unpaired) electrons. The molecule has 2 aliphatic rings. The largest absolute Gasteiger partial charge is 0.486 e. The third kappa shape index (κ3) is 2.50. The van der Waals surface area contributed by atoms with Gasteiger partial charge >= 0.3 is 0 Å². The average Bonchev–Trinajstić information content (AvgIpc) is 2.47. The van der Waals surface area contributed by atoms with Gasteiger partial charge in [0.25, 0.3) is 0 Å². The molecule has 19 heavy (non-hydrogen) atoms. The van der Waals surface area contributed by atoms with Gasteiger partial charge in [-0.3, -0.25) is 0 Å². The van der Waals surface area contributed by atoms with Crippen molar-refractivity contribution in [2.45, 2.75) is 25.3 Å². The summed E-state index contributed by atoms with van der Waals surface area (Å²) in [5, 5.41) is 3.44. The lowest BCUT2D eigenvalue weighted by atomic mass is 9.91. The van der Waals surface area contributed by atoms with Crippen LogP contribution >= 0.6 is 0 Å². The first kappa shape index (κ1) is 12.6. The average molecular weight is 262 g/mol. The van der Waals surface area contributed by atoms with Crippen LogP contribution in [0.4, 0.5) is 5.69 Å². The monoisotopic (exact) mass is 262 g/mol. The first-order chi connectivity index (χ1) is 9.20. The fourth-order valence-electron chi connectivity index (χ4n) is 2.89. The summed E-state index contributed by atoms with van der Waals surface area (Å²) in [7, 11) is 2.05. The number of hydrogen-bond donors (Lipinski definition) is 1. The van der Waals surface area contributed by atoms with Gasteiger partial charge in [0.1, 0.15) is 13.2 Å². The smallest absolute Gasteiger partial charge is 0.163 e. The summed E-state index contributed by atoms with van der Waals surface area (Å²) in [6.07, 6.45) is 2.44. The second-order valence-corrected chi connectivity index (χ2v) is 5.66. The van der Waals surface area contributed by atoms with Gasteiger partial charge in [0, 0.05) is 30.4 Å². The second kappa shape index (κ2) is 4.93. The maximum absolute atomic E-state index is 5.67. The van der Waals surface area contributed by atoms with Crippen LogP contribution in [0.3, 0.4) is 0 Å². The van der Waals surface area contributed by atoms with E-state index in [1.807, 2.05) is 13.1 Å². The number of piperidine rings is 1. The number of nitrogens with zero attached hydrogens (tertiary/aromatic N) is 1. The van der Waals surface area contributed by atoms with E-state index >= 15 is 0 Å². The van der Waals surface area contributed by atoms with Gasteiger partial charge in [0.15, 0.2) is 11.5 Å². The van der Waals surface area contributed by atoms with Crippen LogP contribution in [0, 0.1) is 0 Å². The molecule has 104 valence electrons. The van der Waals surface area contributed by atoms with E-state index in [9.17, 15) is 0 Å². The normalized spacial score (nSPS) is 26.3. The molecular weight excluding hydrogens is 240 g/mol. The number of hydrogen-bond acceptors (Lipinski definition) is 4. The van der Waals surface area contributed by atoms with Crippen molar-refractivity contribution in [2.24, 2.45) is 0 Å². The molecule has 1 unspecified atom stereocenters. The lowest BCUT2D eigenvalue weighted by Crippen LogP contribution is -2.53. The highest BCUT2D eigenvalue weighted by molar-refractivity contribution is 5.57. The van der Waals surface area contributed by atoms with Crippen LogP contribution in [0.2, 0.25) is 0 Å². The molecule has 1 fully saturated rings. The molecule has 0 aliphatic carbocycles. The van der Waals surface area contributed by atoms with Crippen molar-refractivity contribution in [3.63, 3.8) is 0 Å². The van der Waals surface area contributed by atoms with Crippen molar-refractivity contribution >= 4 is 5.69 Å². The fraction of sp³-hybridized carbons (Fsp3) is 0.600. The molecule has 2 aliphatic heterocycles. The Balaban J connectivity index is 1.82. The van der Waals surface area contributed by atoms with Crippen molar-refractivity contribution in [3.8, 4) is 11.5 Å². The van der Waals surface area contributed by atoms with Crippen molar-refractivity contribution < 1.29 is 9.47 Å². The molecular formula is C15H22N2O2. The van der Waals surface area contributed by atoms with Crippen LogP contribution in [0.1, 0.15) is 19.8 Å². The highest BCUT2D eigenvalue weighted by Gasteiger charge is 2.29. The third-order valence-corrected chi connectivity index (χ3v) is 4.19.